The number of nitrogens with one attached hydrogen (secondary N) is 2. The van der Waals surface area contributed by atoms with Crippen molar-refractivity contribution in [2.24, 2.45) is 0 Å². The number of rotatable bonds is 22. The van der Waals surface area contributed by atoms with E-state index in [1.54, 1.807) is 24.3 Å². The Bertz CT molecular complexity index is 4790. The maximum atomic E-state index is 14.1. The quantitative estimate of drug-likeness (QED) is 0.0279. The number of hydrogen-bond acceptors (Lipinski definition) is 14. The lowest BCUT2D eigenvalue weighted by molar-refractivity contribution is 0.0725. The normalized spacial score (nSPS) is 13.5. The molecule has 4 amide bonds. The van der Waals surface area contributed by atoms with E-state index in [1.165, 1.54) is 59.1 Å². The van der Waals surface area contributed by atoms with E-state index in [0.717, 1.165) is 120 Å². The molecule has 0 bridgehead atoms. The lowest BCUT2D eigenvalue weighted by Gasteiger charge is -2.23. The summed E-state index contributed by atoms with van der Waals surface area (Å²) in [4.78, 5) is 89.5. The monoisotopic (exact) mass is 1340 g/mol. The zero-order chi connectivity index (χ0) is 69.5. The number of ether oxygens (including phenoxy) is 2. The lowest BCUT2D eigenvalue weighted by Crippen LogP contribution is -2.38. The molecule has 6 aromatic carbocycles. The fourth-order valence-corrected chi connectivity index (χ4v) is 15.3. The van der Waals surface area contributed by atoms with Gasteiger partial charge < -0.3 is 18.4 Å². The smallest absolute Gasteiger partial charge is 0.343 e. The van der Waals surface area contributed by atoms with Crippen molar-refractivity contribution in [1.29, 1.82) is 10.5 Å². The molecule has 2 aliphatic rings. The number of benzene rings is 6. The number of thiazole rings is 2. The summed E-state index contributed by atoms with van der Waals surface area (Å²) in [5, 5.41) is 33.1. The van der Waals surface area contributed by atoms with Gasteiger partial charge in [-0.1, -0.05) is 158 Å². The summed E-state index contributed by atoms with van der Waals surface area (Å²) in [5.74, 6) is -3.32. The van der Waals surface area contributed by atoms with E-state index in [2.05, 4.69) is 137 Å². The van der Waals surface area contributed by atoms with Crippen LogP contribution in [0.1, 0.15) is 204 Å². The van der Waals surface area contributed by atoms with Crippen LogP contribution in [-0.2, 0) is 10.8 Å². The predicted octanol–water partition coefficient (Wildman–Crippen LogP) is 16.1. The van der Waals surface area contributed by atoms with Gasteiger partial charge in [-0.3, -0.25) is 29.8 Å². The number of esters is 2. The summed E-state index contributed by atoms with van der Waals surface area (Å²) in [6.07, 6.45) is 9.90. The molecule has 0 spiro atoms. The van der Waals surface area contributed by atoms with Crippen molar-refractivity contribution in [3.63, 3.8) is 0 Å². The van der Waals surface area contributed by atoms with Crippen LogP contribution in [0.4, 0.5) is 0 Å². The first-order chi connectivity index (χ1) is 47.1. The molecule has 16 nitrogen and oxygen atoms in total. The fourth-order valence-electron chi connectivity index (χ4n) is 13.4. The highest BCUT2D eigenvalue weighted by Crippen LogP contribution is 2.41. The molecule has 0 fully saturated rings. The number of aromatic nitrogens is 4. The van der Waals surface area contributed by atoms with Crippen LogP contribution < -0.4 is 30.8 Å². The molecule has 6 heterocycles. The van der Waals surface area contributed by atoms with Gasteiger partial charge in [0.1, 0.15) is 44.8 Å². The molecule has 0 aliphatic carbocycles. The fraction of sp³-hybridized carbons (Fsp3) is 0.308. The van der Waals surface area contributed by atoms with Gasteiger partial charge in [-0.15, -0.1) is 22.7 Å². The van der Waals surface area contributed by atoms with Gasteiger partial charge in [-0.2, -0.15) is 10.5 Å². The second-order valence-electron chi connectivity index (χ2n) is 27.6. The highest BCUT2D eigenvalue weighted by atomic mass is 32.1. The van der Waals surface area contributed by atoms with E-state index in [4.69, 9.17) is 19.4 Å². The van der Waals surface area contributed by atoms with Gasteiger partial charge in [0, 0.05) is 22.2 Å². The van der Waals surface area contributed by atoms with E-state index in [-0.39, 0.29) is 69.4 Å². The number of fused-ring (bicyclic) bond motifs is 5. The maximum Gasteiger partial charge on any atom is 0.343 e. The zero-order valence-electron chi connectivity index (χ0n) is 57.0. The Hall–Kier alpha value is -10.0. The van der Waals surface area contributed by atoms with Crippen LogP contribution in [0.15, 0.2) is 121 Å². The van der Waals surface area contributed by atoms with Gasteiger partial charge in [0.25, 0.3) is 37.3 Å². The van der Waals surface area contributed by atoms with Crippen LogP contribution in [0, 0.1) is 22.7 Å². The molecule has 0 atom stereocenters. The van der Waals surface area contributed by atoms with Crippen molar-refractivity contribution in [2.75, 3.05) is 0 Å². The molecule has 0 radical (unpaired) electrons. The molecule has 0 unspecified atom stereocenters. The maximum absolute atomic E-state index is 14.1. The molecule has 494 valence electrons. The van der Waals surface area contributed by atoms with Crippen LogP contribution in [-0.4, -0.2) is 68.2 Å². The van der Waals surface area contributed by atoms with Crippen LogP contribution >= 0.6 is 22.7 Å². The first-order valence-electron chi connectivity index (χ1n) is 33.9. The molecule has 2 aliphatic heterocycles. The van der Waals surface area contributed by atoms with Gasteiger partial charge in [0.2, 0.25) is 0 Å². The largest absolute Gasteiger partial charge is 0.423 e. The summed E-state index contributed by atoms with van der Waals surface area (Å²) in [6, 6.07) is 41.4. The highest BCUT2D eigenvalue weighted by Gasteiger charge is 2.37. The molecule has 0 saturated carbocycles. The van der Waals surface area contributed by atoms with Crippen LogP contribution in [0.5, 0.6) is 11.5 Å². The zero-order valence-corrected chi connectivity index (χ0v) is 58.6. The van der Waals surface area contributed by atoms with Crippen molar-refractivity contribution in [2.45, 2.75) is 157 Å². The third-order valence-electron chi connectivity index (χ3n) is 18.7. The Morgan fingerprint density at radius 3 is 1.15 bits per heavy atom. The standard InChI is InChI=1S/C78H76B2N8O8S2/c1-11-15-35-79(36-16-12-2)87-65(45-19-27-51(28-20-45)95-75(93)47-23-31-53-55(39-47)71(91)85-69(53)89)63-64(67(87)57(43-81)73-83-59-41-49(77(5,6)7)25-33-61(59)97-73)66(46-21-29-52(30-22-46)96-76(94)48-24-32-54-56(40-48)72(92)86-70(54)90)88(80(37-17-13-3)38-18-14-4)68(63)58(44-82)74-84-60-42-50(78(8,9)10)26-34-62(60)98-74/h19-34,39-42H,11-18,35-38H2,1-10H3,(H,85,89,91)(H,86,90,92)/b67-57-,68-58-. The van der Waals surface area contributed by atoms with Gasteiger partial charge in [-0.25, -0.2) is 19.6 Å². The van der Waals surface area contributed by atoms with Gasteiger partial charge >= 0.3 is 11.9 Å². The molecular formula is C78H76B2N8O8S2. The molecule has 12 rings (SSSR count). The topological polar surface area (TPSA) is 228 Å². The van der Waals surface area contributed by atoms with E-state index < -0.39 is 35.6 Å². The minimum absolute atomic E-state index is 0.0827. The molecule has 0 saturated heterocycles. The summed E-state index contributed by atoms with van der Waals surface area (Å²) in [6.45, 7) is 21.3. The summed E-state index contributed by atoms with van der Waals surface area (Å²) in [7, 11) is 0. The van der Waals surface area contributed by atoms with E-state index in [0.29, 0.717) is 53.8 Å². The Morgan fingerprint density at radius 2 is 0.827 bits per heavy atom. The summed E-state index contributed by atoms with van der Waals surface area (Å²) >= 11 is 2.92. The molecule has 10 aromatic rings. The van der Waals surface area contributed by atoms with Gasteiger partial charge in [0.15, 0.2) is 0 Å². The summed E-state index contributed by atoms with van der Waals surface area (Å²) < 4.78 is 18.8. The number of hydrogen-bond donors (Lipinski definition) is 2. The van der Waals surface area contributed by atoms with Crippen molar-refractivity contribution in [3.05, 3.63) is 187 Å². The SMILES string of the molecule is CCCCB(CCCC)n1c(-c2ccc(OC(=O)c3ccc4c(c3)C(=O)NC4=O)cc2)c2/c(=C(\C#N)c3nc4cc(C(C)(C)C)ccc4s3)n(B(CCCC)CCCC)c(-c3ccc(OC(=O)c4ccc5c(c4)C(=O)NC5=O)cc3)c2/c1=C(\C#N)c1nc2cc(C(C)(C)C)ccc2s1. The number of carbonyl (C=O) groups is 6. The Morgan fingerprint density at radius 1 is 0.480 bits per heavy atom. The second-order valence-corrected chi connectivity index (χ2v) is 29.6. The third-order valence-corrected chi connectivity index (χ3v) is 20.8. The van der Waals surface area contributed by atoms with E-state index in [9.17, 15) is 39.3 Å². The van der Waals surface area contributed by atoms with E-state index in [1.807, 2.05) is 24.3 Å². The first-order valence-corrected chi connectivity index (χ1v) is 35.5. The van der Waals surface area contributed by atoms with Gasteiger partial charge in [0.05, 0.1) is 64.5 Å². The van der Waals surface area contributed by atoms with Crippen molar-refractivity contribution < 1.29 is 38.2 Å². The highest BCUT2D eigenvalue weighted by molar-refractivity contribution is 7.20. The molecule has 2 N–H and O–H groups in total. The lowest BCUT2D eigenvalue weighted by atomic mass is 9.53. The Kier molecular flexibility index (Phi) is 19.3. The number of unbranched alkanes of at least 4 members (excludes halogenated alkanes) is 4. The Balaban J connectivity index is 1.23. The van der Waals surface area contributed by atoms with Crippen molar-refractivity contribution >= 4 is 114 Å². The molecule has 20 heteroatoms. The van der Waals surface area contributed by atoms with Gasteiger partial charge in [-0.05, 0) is 142 Å². The molecule has 98 heavy (non-hydrogen) atoms. The minimum atomic E-state index is -0.734. The van der Waals surface area contributed by atoms with Crippen LogP contribution in [0.3, 0.4) is 0 Å². The predicted molar refractivity (Wildman–Crippen MR) is 390 cm³/mol. The van der Waals surface area contributed by atoms with Crippen LogP contribution in [0.25, 0.3) is 64.9 Å². The second kappa shape index (κ2) is 27.8. The average molecular weight is 1340 g/mol. The number of amides is 4. The summed E-state index contributed by atoms with van der Waals surface area (Å²) in [5.41, 5.74) is 7.60. The molecular weight excluding hydrogens is 1260 g/mol. The first kappa shape index (κ1) is 67.9. The molecule has 4 aromatic heterocycles. The minimum Gasteiger partial charge on any atom is -0.423 e. The number of carbonyl (C=O) groups excluding carboxylic acids is 6. The third kappa shape index (κ3) is 13.1. The van der Waals surface area contributed by atoms with Crippen molar-refractivity contribution in [3.8, 4) is 46.2 Å². The number of imide groups is 2. The average Bonchev–Trinajstić information content (AvgIpc) is 1.53. The number of nitriles is 2. The van der Waals surface area contributed by atoms with Crippen LogP contribution in [0.2, 0.25) is 25.3 Å². The van der Waals surface area contributed by atoms with Crippen molar-refractivity contribution in [1.82, 2.24) is 29.6 Å². The number of nitrogens with zero attached hydrogens (tertiary/aromatic N) is 6. The van der Waals surface area contributed by atoms with E-state index >= 15 is 0 Å². The Labute approximate surface area is 578 Å².